The van der Waals surface area contributed by atoms with Crippen LogP contribution in [0.15, 0.2) is 0 Å². The molecule has 0 spiro atoms. The van der Waals surface area contributed by atoms with Crippen molar-refractivity contribution in [3.05, 3.63) is 0 Å². The summed E-state index contributed by atoms with van der Waals surface area (Å²) in [4.78, 5) is 28.5. The monoisotopic (exact) mass is 309 g/mol. The van der Waals surface area contributed by atoms with E-state index >= 15 is 0 Å². The summed E-state index contributed by atoms with van der Waals surface area (Å²) in [6.45, 7) is 4.84. The minimum atomic E-state index is -0.384. The molecule has 2 aliphatic rings. The second kappa shape index (κ2) is 8.51. The molecule has 2 amide bonds. The van der Waals surface area contributed by atoms with Crippen LogP contribution in [0, 0.1) is 5.92 Å². The first-order chi connectivity index (χ1) is 10.6. The fraction of sp³-hybridized carbons (Fsp3) is 0.882. The maximum absolute atomic E-state index is 12.4. The van der Waals surface area contributed by atoms with E-state index < -0.39 is 0 Å². The Morgan fingerprint density at radius 3 is 2.36 bits per heavy atom. The van der Waals surface area contributed by atoms with Gasteiger partial charge in [-0.25, -0.2) is 0 Å². The molecule has 1 aliphatic heterocycles. The van der Waals surface area contributed by atoms with Gasteiger partial charge in [0.05, 0.1) is 6.04 Å². The molecular formula is C17H31N3O2. The Bertz CT molecular complexity index is 380. The van der Waals surface area contributed by atoms with E-state index in [0.29, 0.717) is 25.4 Å². The third kappa shape index (κ3) is 4.70. The number of hydrogen-bond acceptors (Lipinski definition) is 3. The first-order valence-electron chi connectivity index (χ1n) is 8.94. The second-order valence-electron chi connectivity index (χ2n) is 6.81. The van der Waals surface area contributed by atoms with Crippen molar-refractivity contribution in [2.45, 2.75) is 64.3 Å². The fourth-order valence-electron chi connectivity index (χ4n) is 3.65. The molecule has 0 aromatic rings. The zero-order valence-corrected chi connectivity index (χ0v) is 13.9. The summed E-state index contributed by atoms with van der Waals surface area (Å²) in [5, 5.41) is 0. The minimum Gasteiger partial charge on any atom is -0.341 e. The quantitative estimate of drug-likeness (QED) is 0.841. The third-order valence-corrected chi connectivity index (χ3v) is 5.02. The van der Waals surface area contributed by atoms with Gasteiger partial charge >= 0.3 is 0 Å². The average Bonchev–Trinajstić information content (AvgIpc) is 2.88. The van der Waals surface area contributed by atoms with Crippen LogP contribution in [0.3, 0.4) is 0 Å². The number of hydrogen-bond donors (Lipinski definition) is 1. The highest BCUT2D eigenvalue weighted by atomic mass is 16.2. The number of rotatable bonds is 5. The maximum Gasteiger partial charge on any atom is 0.239 e. The van der Waals surface area contributed by atoms with Crippen molar-refractivity contribution < 1.29 is 9.59 Å². The molecule has 1 saturated carbocycles. The molecule has 1 atom stereocenters. The molecule has 1 aliphatic carbocycles. The predicted octanol–water partition coefficient (Wildman–Crippen LogP) is 1.75. The first-order valence-corrected chi connectivity index (χ1v) is 8.94. The molecule has 0 aromatic carbocycles. The molecule has 2 fully saturated rings. The van der Waals surface area contributed by atoms with Gasteiger partial charge in [-0.3, -0.25) is 9.59 Å². The molecule has 0 bridgehead atoms. The SMILES string of the molecule is CCCC(N)C(=O)N1CCCN(C(=O)CC2CCCC2)CC1. The predicted molar refractivity (Wildman–Crippen MR) is 87.2 cm³/mol. The molecule has 126 valence electrons. The Morgan fingerprint density at radius 2 is 1.68 bits per heavy atom. The average molecular weight is 309 g/mol. The minimum absolute atomic E-state index is 0.0481. The highest BCUT2D eigenvalue weighted by Gasteiger charge is 2.26. The highest BCUT2D eigenvalue weighted by Crippen LogP contribution is 2.28. The van der Waals surface area contributed by atoms with E-state index in [9.17, 15) is 9.59 Å². The van der Waals surface area contributed by atoms with Gasteiger partial charge in [-0.05, 0) is 31.6 Å². The maximum atomic E-state index is 12.4. The van der Waals surface area contributed by atoms with Crippen LogP contribution < -0.4 is 5.73 Å². The second-order valence-corrected chi connectivity index (χ2v) is 6.81. The van der Waals surface area contributed by atoms with E-state index in [1.807, 2.05) is 16.7 Å². The van der Waals surface area contributed by atoms with E-state index in [4.69, 9.17) is 5.73 Å². The Balaban J connectivity index is 1.81. The van der Waals surface area contributed by atoms with Gasteiger partial charge in [-0.2, -0.15) is 0 Å². The van der Waals surface area contributed by atoms with Crippen LogP contribution in [0.4, 0.5) is 0 Å². The lowest BCUT2D eigenvalue weighted by molar-refractivity contribution is -0.134. The smallest absolute Gasteiger partial charge is 0.239 e. The summed E-state index contributed by atoms with van der Waals surface area (Å²) in [7, 11) is 0. The van der Waals surface area contributed by atoms with Gasteiger partial charge in [0.25, 0.3) is 0 Å². The van der Waals surface area contributed by atoms with Crippen molar-refractivity contribution in [2.75, 3.05) is 26.2 Å². The van der Waals surface area contributed by atoms with Gasteiger partial charge < -0.3 is 15.5 Å². The summed E-state index contributed by atoms with van der Waals surface area (Å²) in [6, 6.07) is -0.384. The summed E-state index contributed by atoms with van der Waals surface area (Å²) in [6.07, 6.45) is 8.17. The van der Waals surface area contributed by atoms with Crippen molar-refractivity contribution in [1.82, 2.24) is 9.80 Å². The highest BCUT2D eigenvalue weighted by molar-refractivity contribution is 5.82. The third-order valence-electron chi connectivity index (χ3n) is 5.02. The van der Waals surface area contributed by atoms with Gasteiger partial charge in [0, 0.05) is 32.6 Å². The number of carbonyl (C=O) groups excluding carboxylic acids is 2. The summed E-state index contributed by atoms with van der Waals surface area (Å²) in [5.41, 5.74) is 5.94. The van der Waals surface area contributed by atoms with Crippen molar-refractivity contribution in [3.63, 3.8) is 0 Å². The first kappa shape index (κ1) is 17.3. The summed E-state index contributed by atoms with van der Waals surface area (Å²) < 4.78 is 0. The van der Waals surface area contributed by atoms with Crippen molar-refractivity contribution in [2.24, 2.45) is 11.7 Å². The number of amides is 2. The Hall–Kier alpha value is -1.10. The van der Waals surface area contributed by atoms with E-state index in [1.165, 1.54) is 25.7 Å². The van der Waals surface area contributed by atoms with Gasteiger partial charge in [0.2, 0.25) is 11.8 Å². The van der Waals surface area contributed by atoms with Crippen LogP contribution in [-0.4, -0.2) is 53.8 Å². The molecule has 2 rings (SSSR count). The zero-order valence-electron chi connectivity index (χ0n) is 13.9. The van der Waals surface area contributed by atoms with E-state index in [1.54, 1.807) is 0 Å². The summed E-state index contributed by atoms with van der Waals surface area (Å²) in [5.74, 6) is 0.914. The lowest BCUT2D eigenvalue weighted by Crippen LogP contribution is -2.45. The number of nitrogens with zero attached hydrogens (tertiary/aromatic N) is 2. The molecule has 1 unspecified atom stereocenters. The molecule has 0 aromatic heterocycles. The molecular weight excluding hydrogens is 278 g/mol. The molecule has 2 N–H and O–H groups in total. The molecule has 22 heavy (non-hydrogen) atoms. The normalized spacial score (nSPS) is 21.7. The Kier molecular flexibility index (Phi) is 6.68. The van der Waals surface area contributed by atoms with E-state index in [-0.39, 0.29) is 17.9 Å². The lowest BCUT2D eigenvalue weighted by atomic mass is 10.0. The van der Waals surface area contributed by atoms with Crippen LogP contribution in [-0.2, 0) is 9.59 Å². The van der Waals surface area contributed by atoms with Crippen LogP contribution in [0.1, 0.15) is 58.3 Å². The van der Waals surface area contributed by atoms with Gasteiger partial charge in [-0.15, -0.1) is 0 Å². The van der Waals surface area contributed by atoms with Gasteiger partial charge in [0.1, 0.15) is 0 Å². The molecule has 5 nitrogen and oxygen atoms in total. The number of nitrogens with two attached hydrogens (primary N) is 1. The van der Waals surface area contributed by atoms with E-state index in [0.717, 1.165) is 32.4 Å². The topological polar surface area (TPSA) is 66.6 Å². The molecule has 1 heterocycles. The largest absolute Gasteiger partial charge is 0.341 e. The Morgan fingerprint density at radius 1 is 1.05 bits per heavy atom. The summed E-state index contributed by atoms with van der Waals surface area (Å²) >= 11 is 0. The Labute approximate surface area is 134 Å². The van der Waals surface area contributed by atoms with Crippen molar-refractivity contribution >= 4 is 11.8 Å². The van der Waals surface area contributed by atoms with E-state index in [2.05, 4.69) is 0 Å². The number of carbonyl (C=O) groups is 2. The van der Waals surface area contributed by atoms with Crippen LogP contribution in [0.25, 0.3) is 0 Å². The fourth-order valence-corrected chi connectivity index (χ4v) is 3.65. The van der Waals surface area contributed by atoms with Crippen LogP contribution in [0.2, 0.25) is 0 Å². The van der Waals surface area contributed by atoms with Gasteiger partial charge in [0.15, 0.2) is 0 Å². The molecule has 5 heteroatoms. The zero-order chi connectivity index (χ0) is 15.9. The van der Waals surface area contributed by atoms with Crippen LogP contribution in [0.5, 0.6) is 0 Å². The molecule has 1 saturated heterocycles. The van der Waals surface area contributed by atoms with Crippen molar-refractivity contribution in [3.8, 4) is 0 Å². The lowest BCUT2D eigenvalue weighted by Gasteiger charge is -2.25. The van der Waals surface area contributed by atoms with Crippen LogP contribution >= 0.6 is 0 Å². The van der Waals surface area contributed by atoms with Gasteiger partial charge in [-0.1, -0.05) is 26.2 Å². The standard InChI is InChI=1S/C17H31N3O2/c1-2-6-15(18)17(22)20-10-5-9-19(11-12-20)16(21)13-14-7-3-4-8-14/h14-15H,2-13,18H2,1H3. The molecule has 0 radical (unpaired) electrons. The van der Waals surface area contributed by atoms with Crippen molar-refractivity contribution in [1.29, 1.82) is 0 Å².